The summed E-state index contributed by atoms with van der Waals surface area (Å²) in [5.74, 6) is 0.739. The van der Waals surface area contributed by atoms with Gasteiger partial charge in [0.15, 0.2) is 12.2 Å². The quantitative estimate of drug-likeness (QED) is 0.822. The Balaban J connectivity index is 2.35. The molecule has 1 heterocycles. The molecule has 0 spiro atoms. The minimum atomic E-state index is 0.739. The Morgan fingerprint density at radius 1 is 1.29 bits per heavy atom. The summed E-state index contributed by atoms with van der Waals surface area (Å²) in [6.07, 6.45) is 3.11. The highest BCUT2D eigenvalue weighted by Gasteiger charge is 2.09. The Bertz CT molecular complexity index is 475. The number of aromatic nitrogens is 1. The van der Waals surface area contributed by atoms with Gasteiger partial charge in [-0.15, -0.1) is 0 Å². The zero-order chi connectivity index (χ0) is 12.3. The van der Waals surface area contributed by atoms with E-state index in [1.54, 1.807) is 6.20 Å². The molecule has 0 aliphatic heterocycles. The average molecular weight is 231 g/mol. The molecule has 2 N–H and O–H groups in total. The molecule has 0 radical (unpaired) electrons. The van der Waals surface area contributed by atoms with Crippen LogP contribution in [-0.4, -0.2) is 18.1 Å². The van der Waals surface area contributed by atoms with Crippen LogP contribution in [0.25, 0.3) is 11.3 Å². The highest BCUT2D eigenvalue weighted by atomic mass is 16.3. The molecular weight excluding hydrogens is 214 g/mol. The van der Waals surface area contributed by atoms with Gasteiger partial charge in [-0.2, -0.15) is 0 Å². The monoisotopic (exact) mass is 231 g/mol. The van der Waals surface area contributed by atoms with Gasteiger partial charge in [0.1, 0.15) is 0 Å². The minimum Gasteiger partial charge on any atom is -0.444 e. The third kappa shape index (κ3) is 2.25. The van der Waals surface area contributed by atoms with Crippen molar-refractivity contribution in [1.82, 2.24) is 4.98 Å². The zero-order valence-electron chi connectivity index (χ0n) is 10.2. The van der Waals surface area contributed by atoms with E-state index >= 15 is 0 Å². The van der Waals surface area contributed by atoms with Crippen molar-refractivity contribution in [1.29, 1.82) is 0 Å². The maximum absolute atomic E-state index is 6.08. The van der Waals surface area contributed by atoms with Crippen LogP contribution in [0.2, 0.25) is 0 Å². The van der Waals surface area contributed by atoms with Crippen molar-refractivity contribution < 1.29 is 4.42 Å². The standard InChI is InChI=1S/C13H17N3O/c1-3-16(4-2)12-6-5-10(7-11(12)14)13-8-15-9-17-13/h5-9H,3-4,14H2,1-2H3. The van der Waals surface area contributed by atoms with Crippen molar-refractivity contribution in [2.45, 2.75) is 13.8 Å². The SMILES string of the molecule is CCN(CC)c1ccc(-c2cnco2)cc1N. The van der Waals surface area contributed by atoms with Crippen molar-refractivity contribution in [2.75, 3.05) is 23.7 Å². The topological polar surface area (TPSA) is 55.3 Å². The Morgan fingerprint density at radius 3 is 2.59 bits per heavy atom. The van der Waals surface area contributed by atoms with E-state index in [1.165, 1.54) is 6.39 Å². The predicted octanol–water partition coefficient (Wildman–Crippen LogP) is 2.77. The fraction of sp³-hybridized carbons (Fsp3) is 0.308. The highest BCUT2D eigenvalue weighted by molar-refractivity contribution is 5.74. The molecule has 90 valence electrons. The van der Waals surface area contributed by atoms with Crippen LogP contribution in [0, 0.1) is 0 Å². The summed E-state index contributed by atoms with van der Waals surface area (Å²) >= 11 is 0. The second-order valence-electron chi connectivity index (χ2n) is 3.81. The minimum absolute atomic E-state index is 0.739. The molecule has 0 unspecified atom stereocenters. The summed E-state index contributed by atoms with van der Waals surface area (Å²) < 4.78 is 5.25. The van der Waals surface area contributed by atoms with Crippen molar-refractivity contribution >= 4 is 11.4 Å². The van der Waals surface area contributed by atoms with Gasteiger partial charge in [0.2, 0.25) is 0 Å². The molecule has 0 fully saturated rings. The number of oxazole rings is 1. The van der Waals surface area contributed by atoms with Crippen molar-refractivity contribution in [3.63, 3.8) is 0 Å². The third-order valence-corrected chi connectivity index (χ3v) is 2.85. The van der Waals surface area contributed by atoms with Gasteiger partial charge in [-0.3, -0.25) is 0 Å². The van der Waals surface area contributed by atoms with Crippen LogP contribution in [0.4, 0.5) is 11.4 Å². The van der Waals surface area contributed by atoms with Crippen molar-refractivity contribution in [3.8, 4) is 11.3 Å². The van der Waals surface area contributed by atoms with E-state index in [1.807, 2.05) is 18.2 Å². The number of rotatable bonds is 4. The number of benzene rings is 1. The van der Waals surface area contributed by atoms with Gasteiger partial charge in [0, 0.05) is 18.7 Å². The van der Waals surface area contributed by atoms with Crippen LogP contribution in [0.15, 0.2) is 35.2 Å². The van der Waals surface area contributed by atoms with Gasteiger partial charge in [0.25, 0.3) is 0 Å². The summed E-state index contributed by atoms with van der Waals surface area (Å²) in [7, 11) is 0. The summed E-state index contributed by atoms with van der Waals surface area (Å²) in [5, 5.41) is 0. The van der Waals surface area contributed by atoms with Crippen LogP contribution >= 0.6 is 0 Å². The molecule has 0 amide bonds. The van der Waals surface area contributed by atoms with E-state index in [-0.39, 0.29) is 0 Å². The van der Waals surface area contributed by atoms with E-state index in [0.717, 1.165) is 35.8 Å². The summed E-state index contributed by atoms with van der Waals surface area (Å²) in [6, 6.07) is 5.96. The first-order valence-electron chi connectivity index (χ1n) is 5.79. The lowest BCUT2D eigenvalue weighted by Crippen LogP contribution is -2.22. The van der Waals surface area contributed by atoms with E-state index < -0.39 is 0 Å². The van der Waals surface area contributed by atoms with Gasteiger partial charge < -0.3 is 15.1 Å². The lowest BCUT2D eigenvalue weighted by molar-refractivity contribution is 0.572. The molecule has 2 rings (SSSR count). The Kier molecular flexibility index (Phi) is 3.32. The van der Waals surface area contributed by atoms with Gasteiger partial charge in [-0.25, -0.2) is 4.98 Å². The average Bonchev–Trinajstić information content (AvgIpc) is 2.86. The van der Waals surface area contributed by atoms with E-state index in [0.29, 0.717) is 0 Å². The van der Waals surface area contributed by atoms with Gasteiger partial charge in [-0.05, 0) is 32.0 Å². The molecule has 1 aromatic heterocycles. The van der Waals surface area contributed by atoms with Gasteiger partial charge >= 0.3 is 0 Å². The van der Waals surface area contributed by atoms with E-state index in [2.05, 4.69) is 23.7 Å². The number of nitrogens with two attached hydrogens (primary N) is 1. The number of nitrogens with zero attached hydrogens (tertiary/aromatic N) is 2. The van der Waals surface area contributed by atoms with Crippen LogP contribution < -0.4 is 10.6 Å². The number of hydrogen-bond donors (Lipinski definition) is 1. The highest BCUT2D eigenvalue weighted by Crippen LogP contribution is 2.29. The molecule has 0 saturated carbocycles. The number of hydrogen-bond acceptors (Lipinski definition) is 4. The van der Waals surface area contributed by atoms with Crippen molar-refractivity contribution in [3.05, 3.63) is 30.8 Å². The first-order valence-corrected chi connectivity index (χ1v) is 5.79. The molecule has 4 heteroatoms. The van der Waals surface area contributed by atoms with Crippen LogP contribution in [0.3, 0.4) is 0 Å². The summed E-state index contributed by atoms with van der Waals surface area (Å²) in [6.45, 7) is 6.13. The van der Waals surface area contributed by atoms with Gasteiger partial charge in [-0.1, -0.05) is 0 Å². The molecule has 0 aliphatic carbocycles. The molecule has 4 nitrogen and oxygen atoms in total. The summed E-state index contributed by atoms with van der Waals surface area (Å²) in [4.78, 5) is 6.12. The van der Waals surface area contributed by atoms with Crippen LogP contribution in [-0.2, 0) is 0 Å². The fourth-order valence-electron chi connectivity index (χ4n) is 1.92. The second kappa shape index (κ2) is 4.91. The lowest BCUT2D eigenvalue weighted by Gasteiger charge is -2.22. The predicted molar refractivity (Wildman–Crippen MR) is 69.9 cm³/mol. The van der Waals surface area contributed by atoms with E-state index in [4.69, 9.17) is 10.2 Å². The normalized spacial score (nSPS) is 10.5. The number of nitrogen functional groups attached to an aromatic ring is 1. The Labute approximate surface area is 101 Å². The van der Waals surface area contributed by atoms with E-state index in [9.17, 15) is 0 Å². The first kappa shape index (κ1) is 11.5. The number of anilines is 2. The molecule has 0 atom stereocenters. The van der Waals surface area contributed by atoms with Crippen LogP contribution in [0.1, 0.15) is 13.8 Å². The lowest BCUT2D eigenvalue weighted by atomic mass is 10.1. The van der Waals surface area contributed by atoms with Crippen molar-refractivity contribution in [2.24, 2.45) is 0 Å². The molecule has 0 bridgehead atoms. The summed E-state index contributed by atoms with van der Waals surface area (Å²) in [5.41, 5.74) is 8.86. The molecule has 1 aromatic carbocycles. The third-order valence-electron chi connectivity index (χ3n) is 2.85. The molecule has 17 heavy (non-hydrogen) atoms. The Hall–Kier alpha value is -1.97. The molecular formula is C13H17N3O. The van der Waals surface area contributed by atoms with Gasteiger partial charge in [0.05, 0.1) is 17.6 Å². The second-order valence-corrected chi connectivity index (χ2v) is 3.81. The maximum atomic E-state index is 6.08. The fourth-order valence-corrected chi connectivity index (χ4v) is 1.92. The molecule has 0 aliphatic rings. The molecule has 2 aromatic rings. The van der Waals surface area contributed by atoms with Crippen LogP contribution in [0.5, 0.6) is 0 Å². The maximum Gasteiger partial charge on any atom is 0.181 e. The zero-order valence-corrected chi connectivity index (χ0v) is 10.2. The largest absolute Gasteiger partial charge is 0.444 e. The molecule has 0 saturated heterocycles. The smallest absolute Gasteiger partial charge is 0.181 e. The first-order chi connectivity index (χ1) is 8.26. The Morgan fingerprint density at radius 2 is 2.06 bits per heavy atom.